The molecule has 0 aliphatic carbocycles. The molecular formula is C18H26N2O3. The SMILES string of the molecule is C=CCOc1cccc(NC(=O)N(C)CCC2CCCCO2)c1. The minimum Gasteiger partial charge on any atom is -0.489 e. The Labute approximate surface area is 138 Å². The first-order valence-corrected chi connectivity index (χ1v) is 8.16. The van der Waals surface area contributed by atoms with Crippen molar-refractivity contribution >= 4 is 11.7 Å². The zero-order valence-corrected chi connectivity index (χ0v) is 13.8. The van der Waals surface area contributed by atoms with E-state index in [0.29, 0.717) is 18.9 Å². The van der Waals surface area contributed by atoms with E-state index in [1.807, 2.05) is 18.2 Å². The molecule has 1 unspecified atom stereocenters. The summed E-state index contributed by atoms with van der Waals surface area (Å²) in [4.78, 5) is 13.9. The molecule has 1 aromatic carbocycles. The standard InChI is InChI=1S/C18H26N2O3/c1-3-12-22-17-9-6-7-15(14-17)19-18(21)20(2)11-10-16-8-4-5-13-23-16/h3,6-7,9,14,16H,1,4-5,8,10-13H2,2H3,(H,19,21). The van der Waals surface area contributed by atoms with Gasteiger partial charge in [-0.2, -0.15) is 0 Å². The summed E-state index contributed by atoms with van der Waals surface area (Å²) in [7, 11) is 1.80. The molecule has 1 atom stereocenters. The smallest absolute Gasteiger partial charge is 0.321 e. The summed E-state index contributed by atoms with van der Waals surface area (Å²) in [6.07, 6.45) is 6.32. The molecular weight excluding hydrogens is 292 g/mol. The predicted molar refractivity (Wildman–Crippen MR) is 92.0 cm³/mol. The van der Waals surface area contributed by atoms with E-state index in [2.05, 4.69) is 11.9 Å². The molecule has 23 heavy (non-hydrogen) atoms. The van der Waals surface area contributed by atoms with E-state index in [1.165, 1.54) is 6.42 Å². The first-order chi connectivity index (χ1) is 11.2. The van der Waals surface area contributed by atoms with Crippen molar-refractivity contribution in [1.82, 2.24) is 4.90 Å². The Kier molecular flexibility index (Phi) is 6.94. The van der Waals surface area contributed by atoms with Crippen LogP contribution in [0, 0.1) is 0 Å². The summed E-state index contributed by atoms with van der Waals surface area (Å²) < 4.78 is 11.2. The van der Waals surface area contributed by atoms with Crippen LogP contribution in [0.3, 0.4) is 0 Å². The lowest BCUT2D eigenvalue weighted by molar-refractivity contribution is 0.00848. The number of hydrogen-bond donors (Lipinski definition) is 1. The van der Waals surface area contributed by atoms with Gasteiger partial charge in [0.2, 0.25) is 0 Å². The molecule has 2 rings (SSSR count). The zero-order chi connectivity index (χ0) is 16.5. The van der Waals surface area contributed by atoms with Gasteiger partial charge in [-0.05, 0) is 37.8 Å². The second-order valence-corrected chi connectivity index (χ2v) is 5.76. The van der Waals surface area contributed by atoms with Gasteiger partial charge in [0.05, 0.1) is 6.10 Å². The number of ether oxygens (including phenoxy) is 2. The fourth-order valence-electron chi connectivity index (χ4n) is 2.51. The minimum atomic E-state index is -0.123. The first kappa shape index (κ1) is 17.3. The van der Waals surface area contributed by atoms with Gasteiger partial charge in [0.15, 0.2) is 0 Å². The second-order valence-electron chi connectivity index (χ2n) is 5.76. The Morgan fingerprint density at radius 2 is 2.39 bits per heavy atom. The second kappa shape index (κ2) is 9.20. The number of hydrogen-bond acceptors (Lipinski definition) is 3. The molecule has 1 aliphatic heterocycles. The van der Waals surface area contributed by atoms with Crippen molar-refractivity contribution in [3.05, 3.63) is 36.9 Å². The van der Waals surface area contributed by atoms with E-state index in [1.54, 1.807) is 24.1 Å². The molecule has 0 saturated carbocycles. The fraction of sp³-hybridized carbons (Fsp3) is 0.500. The Balaban J connectivity index is 1.79. The van der Waals surface area contributed by atoms with Crippen molar-refractivity contribution in [1.29, 1.82) is 0 Å². The number of amides is 2. The summed E-state index contributed by atoms with van der Waals surface area (Å²) in [6.45, 7) is 5.59. The molecule has 1 fully saturated rings. The average molecular weight is 318 g/mol. The molecule has 0 bridgehead atoms. The van der Waals surface area contributed by atoms with Gasteiger partial charge in [-0.1, -0.05) is 18.7 Å². The lowest BCUT2D eigenvalue weighted by atomic mass is 10.1. The molecule has 1 aliphatic rings. The van der Waals surface area contributed by atoms with E-state index in [4.69, 9.17) is 9.47 Å². The van der Waals surface area contributed by atoms with E-state index in [-0.39, 0.29) is 12.1 Å². The van der Waals surface area contributed by atoms with Crippen LogP contribution in [0.1, 0.15) is 25.7 Å². The summed E-state index contributed by atoms with van der Waals surface area (Å²) in [5.41, 5.74) is 0.720. The highest BCUT2D eigenvalue weighted by Crippen LogP contribution is 2.18. The Morgan fingerprint density at radius 1 is 1.52 bits per heavy atom. The third kappa shape index (κ3) is 5.94. The van der Waals surface area contributed by atoms with Crippen LogP contribution in [-0.2, 0) is 4.74 Å². The highest BCUT2D eigenvalue weighted by molar-refractivity contribution is 5.89. The predicted octanol–water partition coefficient (Wildman–Crippen LogP) is 3.67. The zero-order valence-electron chi connectivity index (χ0n) is 13.8. The van der Waals surface area contributed by atoms with Crippen LogP contribution in [0.25, 0.3) is 0 Å². The number of anilines is 1. The van der Waals surface area contributed by atoms with Crippen LogP contribution in [0.2, 0.25) is 0 Å². The average Bonchev–Trinajstić information content (AvgIpc) is 2.59. The van der Waals surface area contributed by atoms with Crippen LogP contribution in [0.5, 0.6) is 5.75 Å². The van der Waals surface area contributed by atoms with Gasteiger partial charge in [0, 0.05) is 32.0 Å². The molecule has 0 radical (unpaired) electrons. The molecule has 0 spiro atoms. The lowest BCUT2D eigenvalue weighted by Gasteiger charge is -2.25. The largest absolute Gasteiger partial charge is 0.489 e. The molecule has 1 N–H and O–H groups in total. The van der Waals surface area contributed by atoms with Gasteiger partial charge < -0.3 is 19.7 Å². The van der Waals surface area contributed by atoms with Crippen LogP contribution >= 0.6 is 0 Å². The molecule has 1 aromatic rings. The van der Waals surface area contributed by atoms with Crippen molar-refractivity contribution in [2.75, 3.05) is 32.1 Å². The maximum atomic E-state index is 12.2. The van der Waals surface area contributed by atoms with Crippen molar-refractivity contribution in [2.24, 2.45) is 0 Å². The van der Waals surface area contributed by atoms with Crippen molar-refractivity contribution in [3.63, 3.8) is 0 Å². The van der Waals surface area contributed by atoms with Gasteiger partial charge >= 0.3 is 6.03 Å². The number of rotatable bonds is 7. The van der Waals surface area contributed by atoms with E-state index in [9.17, 15) is 4.79 Å². The van der Waals surface area contributed by atoms with Gasteiger partial charge in [0.1, 0.15) is 12.4 Å². The maximum absolute atomic E-state index is 12.2. The summed E-state index contributed by atoms with van der Waals surface area (Å²) in [6, 6.07) is 7.23. The minimum absolute atomic E-state index is 0.123. The molecule has 1 saturated heterocycles. The number of nitrogens with zero attached hydrogens (tertiary/aromatic N) is 1. The van der Waals surface area contributed by atoms with Crippen LogP contribution in [0.4, 0.5) is 10.5 Å². The molecule has 5 nitrogen and oxygen atoms in total. The molecule has 2 amide bonds. The number of carbonyl (C=O) groups excluding carboxylic acids is 1. The number of urea groups is 1. The van der Waals surface area contributed by atoms with Gasteiger partial charge in [0.25, 0.3) is 0 Å². The Hall–Kier alpha value is -2.01. The van der Waals surface area contributed by atoms with Gasteiger partial charge in [-0.3, -0.25) is 0 Å². The molecule has 126 valence electrons. The fourth-order valence-corrected chi connectivity index (χ4v) is 2.51. The normalized spacial score (nSPS) is 17.3. The van der Waals surface area contributed by atoms with Gasteiger partial charge in [-0.15, -0.1) is 0 Å². The quantitative estimate of drug-likeness (QED) is 0.780. The van der Waals surface area contributed by atoms with E-state index >= 15 is 0 Å². The van der Waals surface area contributed by atoms with E-state index in [0.717, 1.165) is 31.6 Å². The van der Waals surface area contributed by atoms with Crippen LogP contribution in [0.15, 0.2) is 36.9 Å². The third-order valence-electron chi connectivity index (χ3n) is 3.86. The number of carbonyl (C=O) groups is 1. The summed E-state index contributed by atoms with van der Waals surface area (Å²) in [5.74, 6) is 0.709. The number of nitrogens with one attached hydrogen (secondary N) is 1. The summed E-state index contributed by atoms with van der Waals surface area (Å²) >= 11 is 0. The topological polar surface area (TPSA) is 50.8 Å². The van der Waals surface area contributed by atoms with Crippen LogP contribution < -0.4 is 10.1 Å². The Morgan fingerprint density at radius 3 is 3.13 bits per heavy atom. The van der Waals surface area contributed by atoms with Crippen molar-refractivity contribution in [2.45, 2.75) is 31.8 Å². The maximum Gasteiger partial charge on any atom is 0.321 e. The monoisotopic (exact) mass is 318 g/mol. The third-order valence-corrected chi connectivity index (χ3v) is 3.86. The van der Waals surface area contributed by atoms with Crippen LogP contribution in [-0.4, -0.2) is 43.8 Å². The lowest BCUT2D eigenvalue weighted by Crippen LogP contribution is -2.34. The molecule has 0 aromatic heterocycles. The molecule has 5 heteroatoms. The number of benzene rings is 1. The van der Waals surface area contributed by atoms with E-state index < -0.39 is 0 Å². The van der Waals surface area contributed by atoms with Gasteiger partial charge in [-0.25, -0.2) is 4.79 Å². The van der Waals surface area contributed by atoms with Crippen molar-refractivity contribution in [3.8, 4) is 5.75 Å². The highest BCUT2D eigenvalue weighted by Gasteiger charge is 2.16. The highest BCUT2D eigenvalue weighted by atomic mass is 16.5. The first-order valence-electron chi connectivity index (χ1n) is 8.16. The summed E-state index contributed by atoms with van der Waals surface area (Å²) in [5, 5.41) is 2.89. The molecule has 1 heterocycles. The van der Waals surface area contributed by atoms with Crippen molar-refractivity contribution < 1.29 is 14.3 Å². The Bertz CT molecular complexity index is 513.